The first kappa shape index (κ1) is 20.5. The Kier molecular flexibility index (Phi) is 7.56. The summed E-state index contributed by atoms with van der Waals surface area (Å²) in [5, 5.41) is 7.23. The lowest BCUT2D eigenvalue weighted by Crippen LogP contribution is -2.57. The van der Waals surface area contributed by atoms with Gasteiger partial charge in [-0.2, -0.15) is 0 Å². The zero-order chi connectivity index (χ0) is 18.4. The van der Waals surface area contributed by atoms with E-state index in [0.29, 0.717) is 12.1 Å². The van der Waals surface area contributed by atoms with Crippen molar-refractivity contribution < 1.29 is 0 Å². The molecule has 0 spiro atoms. The Morgan fingerprint density at radius 3 is 2.40 bits per heavy atom. The van der Waals surface area contributed by atoms with Crippen molar-refractivity contribution in [2.75, 3.05) is 39.8 Å². The van der Waals surface area contributed by atoms with Gasteiger partial charge < -0.3 is 15.5 Å². The van der Waals surface area contributed by atoms with Gasteiger partial charge in [-0.05, 0) is 65.8 Å². The molecule has 0 aliphatic carbocycles. The van der Waals surface area contributed by atoms with Gasteiger partial charge in [-0.3, -0.25) is 9.89 Å². The number of hydrogen-bond donors (Lipinski definition) is 2. The summed E-state index contributed by atoms with van der Waals surface area (Å²) in [6.07, 6.45) is 5.10. The van der Waals surface area contributed by atoms with Crippen LogP contribution in [-0.4, -0.2) is 73.2 Å². The Bertz CT molecular complexity index is 424. The van der Waals surface area contributed by atoms with Crippen LogP contribution in [0.15, 0.2) is 4.99 Å². The highest BCUT2D eigenvalue weighted by Gasteiger charge is 2.30. The Balaban J connectivity index is 1.78. The van der Waals surface area contributed by atoms with Gasteiger partial charge in [-0.15, -0.1) is 0 Å². The average Bonchev–Trinajstić information content (AvgIpc) is 2.59. The molecule has 2 fully saturated rings. The zero-order valence-electron chi connectivity index (χ0n) is 17.4. The number of guanidine groups is 1. The van der Waals surface area contributed by atoms with Crippen LogP contribution in [0.25, 0.3) is 0 Å². The standard InChI is InChI=1S/C20H41N5/c1-16(2)24-12-9-18(10-13-24)23-19(21-6)22-15-20(4,5)25-11-7-8-17(3)14-25/h16-18H,7-15H2,1-6H3,(H2,21,22,23). The average molecular weight is 352 g/mol. The highest BCUT2D eigenvalue weighted by molar-refractivity contribution is 5.80. The summed E-state index contributed by atoms with van der Waals surface area (Å²) >= 11 is 0. The smallest absolute Gasteiger partial charge is 0.191 e. The van der Waals surface area contributed by atoms with E-state index < -0.39 is 0 Å². The molecule has 2 N–H and O–H groups in total. The van der Waals surface area contributed by atoms with E-state index in [2.05, 4.69) is 60.0 Å². The largest absolute Gasteiger partial charge is 0.355 e. The topological polar surface area (TPSA) is 42.9 Å². The molecular formula is C20H41N5. The van der Waals surface area contributed by atoms with Crippen LogP contribution in [0.5, 0.6) is 0 Å². The van der Waals surface area contributed by atoms with E-state index in [0.717, 1.165) is 18.4 Å². The molecule has 146 valence electrons. The molecule has 0 amide bonds. The third kappa shape index (κ3) is 6.14. The van der Waals surface area contributed by atoms with Crippen molar-refractivity contribution in [3.05, 3.63) is 0 Å². The van der Waals surface area contributed by atoms with Gasteiger partial charge in [-0.1, -0.05) is 6.92 Å². The molecule has 1 atom stereocenters. The fourth-order valence-corrected chi connectivity index (χ4v) is 4.10. The van der Waals surface area contributed by atoms with Crippen LogP contribution in [0.1, 0.15) is 60.3 Å². The Hall–Kier alpha value is -0.810. The third-order valence-corrected chi connectivity index (χ3v) is 6.03. The van der Waals surface area contributed by atoms with E-state index in [-0.39, 0.29) is 5.54 Å². The first-order valence-electron chi connectivity index (χ1n) is 10.3. The number of hydrogen-bond acceptors (Lipinski definition) is 3. The number of nitrogens with one attached hydrogen (secondary N) is 2. The first-order valence-corrected chi connectivity index (χ1v) is 10.3. The fourth-order valence-electron chi connectivity index (χ4n) is 4.10. The number of nitrogens with zero attached hydrogens (tertiary/aromatic N) is 3. The molecule has 0 saturated carbocycles. The maximum Gasteiger partial charge on any atom is 0.191 e. The summed E-state index contributed by atoms with van der Waals surface area (Å²) in [6, 6.07) is 1.20. The van der Waals surface area contributed by atoms with Crippen LogP contribution >= 0.6 is 0 Å². The highest BCUT2D eigenvalue weighted by atomic mass is 15.3. The van der Waals surface area contributed by atoms with Crippen molar-refractivity contribution in [3.63, 3.8) is 0 Å². The Morgan fingerprint density at radius 2 is 1.84 bits per heavy atom. The van der Waals surface area contributed by atoms with Crippen molar-refractivity contribution in [1.82, 2.24) is 20.4 Å². The van der Waals surface area contributed by atoms with Crippen LogP contribution in [0.4, 0.5) is 0 Å². The Labute approximate surface area is 155 Å². The molecule has 5 heteroatoms. The van der Waals surface area contributed by atoms with Gasteiger partial charge >= 0.3 is 0 Å². The van der Waals surface area contributed by atoms with Crippen molar-refractivity contribution in [2.45, 2.75) is 77.9 Å². The Morgan fingerprint density at radius 1 is 1.16 bits per heavy atom. The molecule has 2 aliphatic heterocycles. The highest BCUT2D eigenvalue weighted by Crippen LogP contribution is 2.23. The van der Waals surface area contributed by atoms with Gasteiger partial charge in [0.25, 0.3) is 0 Å². The van der Waals surface area contributed by atoms with Crippen LogP contribution < -0.4 is 10.6 Å². The lowest BCUT2D eigenvalue weighted by molar-refractivity contribution is 0.0738. The normalized spacial score (nSPS) is 25.4. The molecule has 0 bridgehead atoms. The molecule has 5 nitrogen and oxygen atoms in total. The van der Waals surface area contributed by atoms with Crippen molar-refractivity contribution in [3.8, 4) is 0 Å². The number of rotatable bonds is 5. The molecule has 0 aromatic heterocycles. The van der Waals surface area contributed by atoms with Crippen LogP contribution in [-0.2, 0) is 0 Å². The minimum atomic E-state index is 0.160. The fraction of sp³-hybridized carbons (Fsp3) is 0.950. The molecule has 25 heavy (non-hydrogen) atoms. The minimum Gasteiger partial charge on any atom is -0.355 e. The van der Waals surface area contributed by atoms with Gasteiger partial charge in [0.05, 0.1) is 0 Å². The molecule has 2 aliphatic rings. The van der Waals surface area contributed by atoms with Crippen molar-refractivity contribution >= 4 is 5.96 Å². The van der Waals surface area contributed by atoms with Gasteiger partial charge in [0.2, 0.25) is 0 Å². The molecule has 2 saturated heterocycles. The van der Waals surface area contributed by atoms with E-state index in [9.17, 15) is 0 Å². The molecule has 2 rings (SSSR count). The second kappa shape index (κ2) is 9.22. The summed E-state index contributed by atoms with van der Waals surface area (Å²) in [7, 11) is 1.88. The first-order chi connectivity index (χ1) is 11.8. The maximum atomic E-state index is 4.46. The summed E-state index contributed by atoms with van der Waals surface area (Å²) in [5.74, 6) is 1.78. The molecular weight excluding hydrogens is 310 g/mol. The van der Waals surface area contributed by atoms with Gasteiger partial charge in [0, 0.05) is 50.8 Å². The molecule has 0 radical (unpaired) electrons. The SMILES string of the molecule is CN=C(NCC(C)(C)N1CCCC(C)C1)NC1CCN(C(C)C)CC1. The summed E-state index contributed by atoms with van der Waals surface area (Å²) < 4.78 is 0. The van der Waals surface area contributed by atoms with Crippen LogP contribution in [0.3, 0.4) is 0 Å². The van der Waals surface area contributed by atoms with Gasteiger partial charge in [-0.25, -0.2) is 0 Å². The quantitative estimate of drug-likeness (QED) is 0.590. The number of aliphatic imine (C=N–C) groups is 1. The molecule has 0 aromatic carbocycles. The van der Waals surface area contributed by atoms with Gasteiger partial charge in [0.15, 0.2) is 5.96 Å². The summed E-state index contributed by atoms with van der Waals surface area (Å²) in [5.41, 5.74) is 0.160. The molecule has 1 unspecified atom stereocenters. The maximum absolute atomic E-state index is 4.46. The van der Waals surface area contributed by atoms with Gasteiger partial charge in [0.1, 0.15) is 0 Å². The molecule has 0 aromatic rings. The second-order valence-corrected chi connectivity index (χ2v) is 8.98. The lowest BCUT2D eigenvalue weighted by Gasteiger charge is -2.43. The van der Waals surface area contributed by atoms with E-state index in [4.69, 9.17) is 0 Å². The summed E-state index contributed by atoms with van der Waals surface area (Å²) in [6.45, 7) is 17.4. The van der Waals surface area contributed by atoms with E-state index >= 15 is 0 Å². The number of likely N-dealkylation sites (tertiary alicyclic amines) is 2. The van der Waals surface area contributed by atoms with Crippen molar-refractivity contribution in [2.24, 2.45) is 10.9 Å². The van der Waals surface area contributed by atoms with Crippen molar-refractivity contribution in [1.29, 1.82) is 0 Å². The van der Waals surface area contributed by atoms with E-state index in [1.54, 1.807) is 0 Å². The third-order valence-electron chi connectivity index (χ3n) is 6.03. The van der Waals surface area contributed by atoms with E-state index in [1.807, 2.05) is 7.05 Å². The van der Waals surface area contributed by atoms with Crippen LogP contribution in [0.2, 0.25) is 0 Å². The molecule has 2 heterocycles. The van der Waals surface area contributed by atoms with E-state index in [1.165, 1.54) is 51.9 Å². The summed E-state index contributed by atoms with van der Waals surface area (Å²) in [4.78, 5) is 9.67. The predicted octanol–water partition coefficient (Wildman–Crippen LogP) is 2.53. The predicted molar refractivity (Wildman–Crippen MR) is 108 cm³/mol. The van der Waals surface area contributed by atoms with Crippen LogP contribution in [0, 0.1) is 5.92 Å². The number of piperidine rings is 2. The minimum absolute atomic E-state index is 0.160. The second-order valence-electron chi connectivity index (χ2n) is 8.98. The lowest BCUT2D eigenvalue weighted by atomic mass is 9.93. The zero-order valence-corrected chi connectivity index (χ0v) is 17.4. The monoisotopic (exact) mass is 351 g/mol.